The number of alkyl halides is 3. The molecule has 0 unspecified atom stereocenters. The van der Waals surface area contributed by atoms with E-state index < -0.39 is 17.2 Å². The maximum atomic E-state index is 13.7. The van der Waals surface area contributed by atoms with Crippen LogP contribution in [0.2, 0.25) is 0 Å². The lowest BCUT2D eigenvalue weighted by Gasteiger charge is -2.31. The molecule has 9 heteroatoms. The molecule has 0 bridgehead atoms. The second kappa shape index (κ2) is 13.0. The molecule has 2 amide bonds. The average molecular weight is 544 g/mol. The molecule has 6 nitrogen and oxygen atoms in total. The van der Waals surface area contributed by atoms with Crippen molar-refractivity contribution in [3.63, 3.8) is 0 Å². The number of nitrogens with zero attached hydrogens (tertiary/aromatic N) is 3. The molecule has 0 aliphatic carbocycles. The highest BCUT2D eigenvalue weighted by atomic mass is 19.4. The predicted octanol–water partition coefficient (Wildman–Crippen LogP) is 5.61. The smallest absolute Gasteiger partial charge is 0.383 e. The number of carbonyl (C=O) groups is 2. The third kappa shape index (κ3) is 8.71. The van der Waals surface area contributed by atoms with E-state index in [0.717, 1.165) is 23.4 Å². The highest BCUT2D eigenvalue weighted by Gasteiger charge is 2.31. The Morgan fingerprint density at radius 2 is 1.56 bits per heavy atom. The van der Waals surface area contributed by atoms with Gasteiger partial charge in [0.2, 0.25) is 11.8 Å². The molecular weight excluding hydrogens is 507 g/mol. The third-order valence-electron chi connectivity index (χ3n) is 6.27. The van der Waals surface area contributed by atoms with Gasteiger partial charge in [-0.1, -0.05) is 63.2 Å². The molecule has 0 aliphatic rings. The normalized spacial score (nSPS) is 11.9. The molecule has 39 heavy (non-hydrogen) atoms. The van der Waals surface area contributed by atoms with E-state index in [4.69, 9.17) is 4.74 Å². The molecule has 0 atom stereocenters. The van der Waals surface area contributed by atoms with E-state index in [1.807, 2.05) is 67.8 Å². The number of benzene rings is 2. The number of hydrogen-bond donors (Lipinski definition) is 0. The van der Waals surface area contributed by atoms with E-state index in [9.17, 15) is 22.8 Å². The van der Waals surface area contributed by atoms with Crippen LogP contribution in [0.3, 0.4) is 0 Å². The topological polar surface area (TPSA) is 54.8 Å². The number of rotatable bonds is 11. The number of ether oxygens (including phenoxy) is 1. The van der Waals surface area contributed by atoms with Gasteiger partial charge in [-0.3, -0.25) is 9.59 Å². The van der Waals surface area contributed by atoms with Crippen LogP contribution in [0.25, 0.3) is 0 Å². The van der Waals surface area contributed by atoms with Crippen molar-refractivity contribution in [3.05, 3.63) is 95.3 Å². The number of hydrogen-bond acceptors (Lipinski definition) is 3. The number of halogens is 3. The van der Waals surface area contributed by atoms with E-state index in [-0.39, 0.29) is 38.0 Å². The Balaban J connectivity index is 1.85. The fourth-order valence-corrected chi connectivity index (χ4v) is 4.21. The van der Waals surface area contributed by atoms with Crippen LogP contribution < -0.4 is 0 Å². The Hall–Kier alpha value is -3.59. The van der Waals surface area contributed by atoms with Crippen LogP contribution in [0.5, 0.6) is 0 Å². The molecule has 3 aromatic rings. The minimum Gasteiger partial charge on any atom is -0.383 e. The maximum absolute atomic E-state index is 13.7. The first kappa shape index (κ1) is 30.0. The Kier molecular flexibility index (Phi) is 9.97. The molecular formula is C30H36F3N3O3. The molecule has 210 valence electrons. The zero-order chi connectivity index (χ0) is 28.6. The molecule has 0 saturated heterocycles. The highest BCUT2D eigenvalue weighted by molar-refractivity contribution is 5.87. The summed E-state index contributed by atoms with van der Waals surface area (Å²) in [5.41, 5.74) is 0.825. The van der Waals surface area contributed by atoms with Gasteiger partial charge in [0, 0.05) is 44.0 Å². The number of carbonyl (C=O) groups excluding carboxylic acids is 2. The molecule has 2 aromatic carbocycles. The monoisotopic (exact) mass is 543 g/mol. The lowest BCUT2D eigenvalue weighted by Crippen LogP contribution is -2.47. The van der Waals surface area contributed by atoms with Crippen LogP contribution in [0.1, 0.15) is 43.2 Å². The van der Waals surface area contributed by atoms with Crippen LogP contribution in [0.4, 0.5) is 13.2 Å². The van der Waals surface area contributed by atoms with Crippen LogP contribution >= 0.6 is 0 Å². The SMILES string of the molecule is COCCN(CC(=O)N(Cc1ccccc1)Cc1cccn1Cc1cccc(C(F)(F)F)c1)C(=O)C(C)(C)C. The molecule has 0 aliphatic heterocycles. The minimum absolute atomic E-state index is 0.110. The first-order valence-electron chi connectivity index (χ1n) is 12.8. The van der Waals surface area contributed by atoms with Crippen molar-refractivity contribution in [1.29, 1.82) is 0 Å². The van der Waals surface area contributed by atoms with Gasteiger partial charge < -0.3 is 19.1 Å². The molecule has 1 aromatic heterocycles. The first-order chi connectivity index (χ1) is 18.4. The highest BCUT2D eigenvalue weighted by Crippen LogP contribution is 2.30. The molecule has 3 rings (SSSR count). The average Bonchev–Trinajstić information content (AvgIpc) is 3.31. The van der Waals surface area contributed by atoms with Gasteiger partial charge in [-0.25, -0.2) is 0 Å². The third-order valence-corrected chi connectivity index (χ3v) is 6.27. The summed E-state index contributed by atoms with van der Waals surface area (Å²) in [5.74, 6) is -0.389. The van der Waals surface area contributed by atoms with Crippen molar-refractivity contribution in [1.82, 2.24) is 14.4 Å². The van der Waals surface area contributed by atoms with Crippen LogP contribution in [-0.2, 0) is 40.1 Å². The second-order valence-corrected chi connectivity index (χ2v) is 10.5. The summed E-state index contributed by atoms with van der Waals surface area (Å²) in [6.45, 7) is 6.66. The zero-order valence-corrected chi connectivity index (χ0v) is 22.9. The van der Waals surface area contributed by atoms with Crippen molar-refractivity contribution in [2.24, 2.45) is 5.41 Å². The lowest BCUT2D eigenvalue weighted by molar-refractivity contribution is -0.146. The number of aromatic nitrogens is 1. The molecule has 1 heterocycles. The van der Waals surface area contributed by atoms with Crippen molar-refractivity contribution in [2.45, 2.75) is 46.6 Å². The molecule has 0 fully saturated rings. The van der Waals surface area contributed by atoms with Crippen molar-refractivity contribution >= 4 is 11.8 Å². The summed E-state index contributed by atoms with van der Waals surface area (Å²) in [4.78, 5) is 29.9. The predicted molar refractivity (Wildman–Crippen MR) is 144 cm³/mol. The minimum atomic E-state index is -4.42. The summed E-state index contributed by atoms with van der Waals surface area (Å²) in [6.07, 6.45) is -2.64. The van der Waals surface area contributed by atoms with Crippen LogP contribution in [0, 0.1) is 5.41 Å². The van der Waals surface area contributed by atoms with Gasteiger partial charge in [0.05, 0.1) is 25.3 Å². The van der Waals surface area contributed by atoms with Crippen molar-refractivity contribution in [2.75, 3.05) is 26.8 Å². The van der Waals surface area contributed by atoms with E-state index in [1.165, 1.54) is 11.0 Å². The van der Waals surface area contributed by atoms with E-state index in [0.29, 0.717) is 18.7 Å². The Bertz CT molecular complexity index is 1230. The Labute approximate surface area is 228 Å². The summed E-state index contributed by atoms with van der Waals surface area (Å²) in [7, 11) is 1.54. The first-order valence-corrected chi connectivity index (χ1v) is 12.8. The lowest BCUT2D eigenvalue weighted by atomic mass is 9.94. The molecule has 0 saturated carbocycles. The van der Waals surface area contributed by atoms with Crippen LogP contribution in [0.15, 0.2) is 72.9 Å². The molecule has 0 radical (unpaired) electrons. The van der Waals surface area contributed by atoms with Crippen molar-refractivity contribution in [3.8, 4) is 0 Å². The summed E-state index contributed by atoms with van der Waals surface area (Å²) < 4.78 is 46.7. The van der Waals surface area contributed by atoms with Gasteiger partial charge in [0.15, 0.2) is 0 Å². The Morgan fingerprint density at radius 1 is 0.872 bits per heavy atom. The van der Waals surface area contributed by atoms with E-state index in [1.54, 1.807) is 24.3 Å². The van der Waals surface area contributed by atoms with Gasteiger partial charge in [-0.15, -0.1) is 0 Å². The van der Waals surface area contributed by atoms with Gasteiger partial charge in [-0.2, -0.15) is 13.2 Å². The number of methoxy groups -OCH3 is 1. The van der Waals surface area contributed by atoms with E-state index in [2.05, 4.69) is 0 Å². The standard InChI is InChI=1S/C30H36F3N3O3/c1-29(2,3)28(38)35(16-17-39-4)22-27(37)36(19-23-10-6-5-7-11-23)21-26-14-9-15-34(26)20-24-12-8-13-25(18-24)30(31,32)33/h5-15,18H,16-17,19-22H2,1-4H3. The maximum Gasteiger partial charge on any atom is 0.416 e. The second-order valence-electron chi connectivity index (χ2n) is 10.5. The van der Waals surface area contributed by atoms with E-state index >= 15 is 0 Å². The quantitative estimate of drug-likeness (QED) is 0.316. The van der Waals surface area contributed by atoms with Gasteiger partial charge in [-0.05, 0) is 35.4 Å². The number of amides is 2. The largest absolute Gasteiger partial charge is 0.416 e. The van der Waals surface area contributed by atoms with Gasteiger partial charge in [0.25, 0.3) is 0 Å². The fraction of sp³-hybridized carbons (Fsp3) is 0.400. The summed E-state index contributed by atoms with van der Waals surface area (Å²) in [5, 5.41) is 0. The van der Waals surface area contributed by atoms with Gasteiger partial charge in [0.1, 0.15) is 0 Å². The van der Waals surface area contributed by atoms with Crippen molar-refractivity contribution < 1.29 is 27.5 Å². The van der Waals surface area contributed by atoms with Gasteiger partial charge >= 0.3 is 6.18 Å². The Morgan fingerprint density at radius 3 is 2.21 bits per heavy atom. The summed E-state index contributed by atoms with van der Waals surface area (Å²) >= 11 is 0. The fourth-order valence-electron chi connectivity index (χ4n) is 4.21. The molecule has 0 spiro atoms. The molecule has 0 N–H and O–H groups in total. The summed E-state index contributed by atoms with van der Waals surface area (Å²) in [6, 6.07) is 18.4. The zero-order valence-electron chi connectivity index (χ0n) is 22.9. The van der Waals surface area contributed by atoms with Crippen LogP contribution in [-0.4, -0.2) is 53.0 Å².